The summed E-state index contributed by atoms with van der Waals surface area (Å²) in [6.07, 6.45) is 12.7. The summed E-state index contributed by atoms with van der Waals surface area (Å²) < 4.78 is 6.57. The maximum Gasteiger partial charge on any atom is 0.163 e. The van der Waals surface area contributed by atoms with Crippen LogP contribution in [0.5, 0.6) is 0 Å². The first kappa shape index (κ1) is 29.8. The van der Waals surface area contributed by atoms with Gasteiger partial charge in [0.1, 0.15) is 17.2 Å². The van der Waals surface area contributed by atoms with E-state index in [0.29, 0.717) is 17.6 Å². The third-order valence-electron chi connectivity index (χ3n) is 10.8. The molecular formula is C47H35N3O. The summed E-state index contributed by atoms with van der Waals surface area (Å²) in [4.78, 5) is 15.5. The van der Waals surface area contributed by atoms with Crippen LogP contribution in [0.4, 0.5) is 0 Å². The Balaban J connectivity index is 1.16. The Bertz CT molecular complexity index is 2750. The summed E-state index contributed by atoms with van der Waals surface area (Å²) in [7, 11) is 0. The minimum Gasteiger partial charge on any atom is -0.456 e. The summed E-state index contributed by atoms with van der Waals surface area (Å²) in [5.41, 5.74) is 5.78. The quantitative estimate of drug-likeness (QED) is 0.177. The molecule has 8 aromatic rings. The predicted octanol–water partition coefficient (Wildman–Crippen LogP) is 12.1. The topological polar surface area (TPSA) is 51.8 Å². The number of hydrogen-bond acceptors (Lipinski definition) is 4. The van der Waals surface area contributed by atoms with Gasteiger partial charge in [0.05, 0.1) is 5.41 Å². The summed E-state index contributed by atoms with van der Waals surface area (Å²) >= 11 is 0. The third kappa shape index (κ3) is 4.78. The number of furan rings is 1. The summed E-state index contributed by atoms with van der Waals surface area (Å²) in [5.74, 6) is 3.43. The SMILES string of the molecule is CC1C=C(c2nc(-c3ccccc3)nc(C3(C)CC=Cc4oc5ccc(-c6ccc7c8ccccc8c8ccccc8c7c6)cc5c43)n2)C=CC1. The highest BCUT2D eigenvalue weighted by molar-refractivity contribution is 6.25. The van der Waals surface area contributed by atoms with E-state index < -0.39 is 5.41 Å². The van der Waals surface area contributed by atoms with E-state index in [9.17, 15) is 0 Å². The summed E-state index contributed by atoms with van der Waals surface area (Å²) in [6, 6.07) is 41.2. The van der Waals surface area contributed by atoms with Crippen molar-refractivity contribution in [2.75, 3.05) is 0 Å². The molecule has 10 rings (SSSR count). The van der Waals surface area contributed by atoms with Crippen molar-refractivity contribution in [2.45, 2.75) is 32.1 Å². The van der Waals surface area contributed by atoms with Gasteiger partial charge in [0.15, 0.2) is 11.6 Å². The molecule has 0 radical (unpaired) electrons. The number of allylic oxidation sites excluding steroid dienone is 5. The fourth-order valence-electron chi connectivity index (χ4n) is 8.23. The molecule has 4 heteroatoms. The number of aromatic nitrogens is 3. The number of benzene rings is 6. The lowest BCUT2D eigenvalue weighted by Gasteiger charge is -2.30. The van der Waals surface area contributed by atoms with Crippen LogP contribution in [0.1, 0.15) is 49.7 Å². The molecule has 2 heterocycles. The van der Waals surface area contributed by atoms with Gasteiger partial charge in [-0.3, -0.25) is 0 Å². The molecule has 4 nitrogen and oxygen atoms in total. The zero-order chi connectivity index (χ0) is 34.1. The van der Waals surface area contributed by atoms with Gasteiger partial charge < -0.3 is 4.42 Å². The fraction of sp³-hybridized carbons (Fsp3) is 0.128. The van der Waals surface area contributed by atoms with Crippen molar-refractivity contribution >= 4 is 54.9 Å². The van der Waals surface area contributed by atoms with Gasteiger partial charge >= 0.3 is 0 Å². The van der Waals surface area contributed by atoms with Crippen LogP contribution in [0.15, 0.2) is 144 Å². The van der Waals surface area contributed by atoms with Gasteiger partial charge in [0.2, 0.25) is 0 Å². The molecule has 0 N–H and O–H groups in total. The van der Waals surface area contributed by atoms with E-state index in [0.717, 1.165) is 57.7 Å². The van der Waals surface area contributed by atoms with Crippen molar-refractivity contribution < 1.29 is 4.42 Å². The highest BCUT2D eigenvalue weighted by atomic mass is 16.3. The van der Waals surface area contributed by atoms with Crippen LogP contribution in [0.3, 0.4) is 0 Å². The maximum atomic E-state index is 6.57. The highest BCUT2D eigenvalue weighted by Gasteiger charge is 2.39. The molecule has 51 heavy (non-hydrogen) atoms. The lowest BCUT2D eigenvalue weighted by atomic mass is 9.74. The molecule has 0 aliphatic heterocycles. The molecule has 0 bridgehead atoms. The zero-order valence-corrected chi connectivity index (χ0v) is 28.6. The average molecular weight is 658 g/mol. The number of hydrogen-bond donors (Lipinski definition) is 0. The van der Waals surface area contributed by atoms with Gasteiger partial charge in [-0.2, -0.15) is 0 Å². The van der Waals surface area contributed by atoms with Crippen molar-refractivity contribution in [2.24, 2.45) is 5.92 Å². The van der Waals surface area contributed by atoms with Crippen molar-refractivity contribution in [1.29, 1.82) is 0 Å². The molecule has 2 aliphatic rings. The molecule has 0 saturated carbocycles. The van der Waals surface area contributed by atoms with E-state index in [-0.39, 0.29) is 0 Å². The summed E-state index contributed by atoms with van der Waals surface area (Å²) in [5, 5.41) is 8.73. The Morgan fingerprint density at radius 3 is 1.94 bits per heavy atom. The monoisotopic (exact) mass is 657 g/mol. The van der Waals surface area contributed by atoms with E-state index in [2.05, 4.69) is 141 Å². The number of fused-ring (bicyclic) bond motifs is 9. The fourth-order valence-corrected chi connectivity index (χ4v) is 8.23. The Kier molecular flexibility index (Phi) is 6.69. The van der Waals surface area contributed by atoms with Gasteiger partial charge in [0, 0.05) is 22.1 Å². The Morgan fingerprint density at radius 1 is 0.588 bits per heavy atom. The average Bonchev–Trinajstić information content (AvgIpc) is 3.57. The lowest BCUT2D eigenvalue weighted by molar-refractivity contribution is 0.508. The lowest BCUT2D eigenvalue weighted by Crippen LogP contribution is -2.29. The molecule has 0 fully saturated rings. The first-order valence-electron chi connectivity index (χ1n) is 17.8. The Morgan fingerprint density at radius 2 is 1.22 bits per heavy atom. The van der Waals surface area contributed by atoms with Gasteiger partial charge in [0.25, 0.3) is 0 Å². The first-order chi connectivity index (χ1) is 25.0. The molecular weight excluding hydrogens is 623 g/mol. The van der Waals surface area contributed by atoms with Crippen LogP contribution in [0.2, 0.25) is 0 Å². The second-order valence-corrected chi connectivity index (χ2v) is 14.3. The zero-order valence-electron chi connectivity index (χ0n) is 28.6. The largest absolute Gasteiger partial charge is 0.456 e. The molecule has 2 atom stereocenters. The molecule has 0 amide bonds. The van der Waals surface area contributed by atoms with E-state index in [4.69, 9.17) is 19.4 Å². The van der Waals surface area contributed by atoms with Crippen molar-refractivity contribution in [3.8, 4) is 22.5 Å². The molecule has 244 valence electrons. The van der Waals surface area contributed by atoms with Crippen LogP contribution >= 0.6 is 0 Å². The van der Waals surface area contributed by atoms with Crippen molar-refractivity contribution in [3.05, 3.63) is 163 Å². The van der Waals surface area contributed by atoms with Crippen molar-refractivity contribution in [3.63, 3.8) is 0 Å². The van der Waals surface area contributed by atoms with E-state index in [1.54, 1.807) is 0 Å². The molecule has 0 saturated heterocycles. The van der Waals surface area contributed by atoms with Crippen LogP contribution in [-0.4, -0.2) is 15.0 Å². The van der Waals surface area contributed by atoms with Crippen LogP contribution in [-0.2, 0) is 5.41 Å². The third-order valence-corrected chi connectivity index (χ3v) is 10.8. The van der Waals surface area contributed by atoms with Gasteiger partial charge in [-0.05, 0) is 93.4 Å². The first-order valence-corrected chi connectivity index (χ1v) is 17.8. The maximum absolute atomic E-state index is 6.57. The number of rotatable bonds is 4. The standard InChI is InChI=1S/C47H35N3O/c1-29-12-10-15-33(26-29)45-48-44(30-13-4-3-5-14-30)49-46(50-45)47(2)25-11-20-42-43(47)40-28-32(22-24-41(40)51-42)31-21-23-38-36-18-7-6-16-34(36)35-17-8-9-19-37(35)39(38)27-31/h3-11,13-24,26-29H,12,25H2,1-2H3. The number of nitrogens with zero attached hydrogens (tertiary/aromatic N) is 3. The molecule has 6 aromatic carbocycles. The Labute approximate surface area is 296 Å². The molecule has 2 unspecified atom stereocenters. The van der Waals surface area contributed by atoms with Gasteiger partial charge in [-0.15, -0.1) is 0 Å². The van der Waals surface area contributed by atoms with Gasteiger partial charge in [-0.25, -0.2) is 15.0 Å². The smallest absolute Gasteiger partial charge is 0.163 e. The van der Waals surface area contributed by atoms with E-state index in [1.165, 1.54) is 37.9 Å². The molecule has 2 aromatic heterocycles. The highest BCUT2D eigenvalue weighted by Crippen LogP contribution is 2.47. The molecule has 2 aliphatic carbocycles. The van der Waals surface area contributed by atoms with Crippen LogP contribution in [0, 0.1) is 5.92 Å². The second-order valence-electron chi connectivity index (χ2n) is 14.3. The van der Waals surface area contributed by atoms with E-state index in [1.807, 2.05) is 18.2 Å². The van der Waals surface area contributed by atoms with E-state index >= 15 is 0 Å². The predicted molar refractivity (Wildman–Crippen MR) is 210 cm³/mol. The Hall–Kier alpha value is -6.13. The van der Waals surface area contributed by atoms with Crippen LogP contribution in [0.25, 0.3) is 77.5 Å². The van der Waals surface area contributed by atoms with Crippen LogP contribution < -0.4 is 0 Å². The van der Waals surface area contributed by atoms with Crippen molar-refractivity contribution in [1.82, 2.24) is 15.0 Å². The summed E-state index contributed by atoms with van der Waals surface area (Å²) in [6.45, 7) is 4.49. The van der Waals surface area contributed by atoms with Gasteiger partial charge in [-0.1, -0.05) is 128 Å². The normalized spacial score (nSPS) is 18.5. The molecule has 0 spiro atoms. The minimum atomic E-state index is -0.543. The second kappa shape index (κ2) is 11.5. The minimum absolute atomic E-state index is 0.424.